The van der Waals surface area contributed by atoms with Crippen LogP contribution in [0.4, 0.5) is 10.1 Å². The molecule has 3 nitrogen and oxygen atoms in total. The van der Waals surface area contributed by atoms with Crippen LogP contribution in [-0.4, -0.2) is 11.0 Å². The minimum Gasteiger partial charge on any atom is -0.332 e. The Hall–Kier alpha value is -2.24. The molecule has 0 saturated carbocycles. The highest BCUT2D eigenvalue weighted by atomic mass is 35.5. The largest absolute Gasteiger partial charge is 0.332 e. The molecule has 0 spiro atoms. The Bertz CT molecular complexity index is 719. The van der Waals surface area contributed by atoms with Crippen LogP contribution in [0.2, 0.25) is 5.02 Å². The van der Waals surface area contributed by atoms with E-state index in [9.17, 15) is 9.18 Å². The molecule has 6 heteroatoms. The molecule has 0 aliphatic rings. The van der Waals surface area contributed by atoms with Gasteiger partial charge in [0, 0.05) is 11.8 Å². The van der Waals surface area contributed by atoms with Gasteiger partial charge in [0.1, 0.15) is 5.82 Å². The van der Waals surface area contributed by atoms with E-state index in [0.717, 1.165) is 5.56 Å². The van der Waals surface area contributed by atoms with Crippen molar-refractivity contribution in [2.75, 3.05) is 5.32 Å². The Morgan fingerprint density at radius 1 is 1.18 bits per heavy atom. The lowest BCUT2D eigenvalue weighted by Crippen LogP contribution is -2.32. The van der Waals surface area contributed by atoms with Crippen molar-refractivity contribution >= 4 is 46.6 Å². The number of halogens is 2. The summed E-state index contributed by atoms with van der Waals surface area (Å²) >= 11 is 10.7. The second-order valence-electron chi connectivity index (χ2n) is 4.32. The van der Waals surface area contributed by atoms with Crippen molar-refractivity contribution in [3.63, 3.8) is 0 Å². The molecular weight excluding hydrogens is 323 g/mol. The van der Waals surface area contributed by atoms with Crippen molar-refractivity contribution in [1.29, 1.82) is 0 Å². The molecule has 0 bridgehead atoms. The van der Waals surface area contributed by atoms with Crippen LogP contribution >= 0.6 is 23.8 Å². The fraction of sp³-hybridized carbons (Fsp3) is 0. The maximum Gasteiger partial charge on any atom is 0.250 e. The monoisotopic (exact) mass is 334 g/mol. The topological polar surface area (TPSA) is 41.1 Å². The van der Waals surface area contributed by atoms with E-state index in [-0.39, 0.29) is 16.0 Å². The standard InChI is InChI=1S/C16H12ClFN2OS/c17-13-10-12(7-8-14(13)18)19-16(22)20-15(21)9-6-11-4-2-1-3-5-11/h1-10H,(H2,19,20,21,22). The average Bonchev–Trinajstić information content (AvgIpc) is 2.50. The number of amides is 1. The fourth-order valence-corrected chi connectivity index (χ4v) is 2.02. The highest BCUT2D eigenvalue weighted by Crippen LogP contribution is 2.19. The lowest BCUT2D eigenvalue weighted by molar-refractivity contribution is -0.115. The first-order chi connectivity index (χ1) is 10.5. The predicted octanol–water partition coefficient (Wildman–Crippen LogP) is 4.01. The number of hydrogen-bond acceptors (Lipinski definition) is 2. The molecule has 112 valence electrons. The van der Waals surface area contributed by atoms with Crippen LogP contribution in [0.15, 0.2) is 54.6 Å². The van der Waals surface area contributed by atoms with Gasteiger partial charge in [0.15, 0.2) is 5.11 Å². The van der Waals surface area contributed by atoms with Crippen molar-refractivity contribution in [2.24, 2.45) is 0 Å². The van der Waals surface area contributed by atoms with Crippen LogP contribution in [0, 0.1) is 5.82 Å². The summed E-state index contributed by atoms with van der Waals surface area (Å²) in [5.41, 5.74) is 1.39. The smallest absolute Gasteiger partial charge is 0.250 e. The van der Waals surface area contributed by atoms with Gasteiger partial charge in [-0.1, -0.05) is 41.9 Å². The Morgan fingerprint density at radius 2 is 1.91 bits per heavy atom. The zero-order valence-corrected chi connectivity index (χ0v) is 12.9. The third kappa shape index (κ3) is 4.95. The molecule has 0 aliphatic carbocycles. The van der Waals surface area contributed by atoms with Gasteiger partial charge in [-0.05, 0) is 42.1 Å². The van der Waals surface area contributed by atoms with Gasteiger partial charge in [0.2, 0.25) is 5.91 Å². The maximum atomic E-state index is 13.0. The Balaban J connectivity index is 1.90. The van der Waals surface area contributed by atoms with Gasteiger partial charge in [-0.3, -0.25) is 10.1 Å². The Morgan fingerprint density at radius 3 is 2.59 bits per heavy atom. The number of carbonyl (C=O) groups excluding carboxylic acids is 1. The van der Waals surface area contributed by atoms with E-state index in [1.54, 1.807) is 6.08 Å². The quantitative estimate of drug-likeness (QED) is 0.658. The van der Waals surface area contributed by atoms with E-state index in [1.165, 1.54) is 24.3 Å². The number of anilines is 1. The zero-order valence-electron chi connectivity index (χ0n) is 11.3. The van der Waals surface area contributed by atoms with E-state index >= 15 is 0 Å². The van der Waals surface area contributed by atoms with E-state index in [0.29, 0.717) is 5.69 Å². The molecule has 0 aliphatic heterocycles. The first-order valence-corrected chi connectivity index (χ1v) is 7.13. The van der Waals surface area contributed by atoms with Crippen LogP contribution < -0.4 is 10.6 Å². The number of carbonyl (C=O) groups is 1. The third-order valence-corrected chi connectivity index (χ3v) is 3.13. The summed E-state index contributed by atoms with van der Waals surface area (Å²) in [6, 6.07) is 13.5. The molecule has 0 saturated heterocycles. The summed E-state index contributed by atoms with van der Waals surface area (Å²) in [4.78, 5) is 11.7. The molecule has 22 heavy (non-hydrogen) atoms. The summed E-state index contributed by atoms with van der Waals surface area (Å²) in [7, 11) is 0. The lowest BCUT2D eigenvalue weighted by atomic mass is 10.2. The van der Waals surface area contributed by atoms with Gasteiger partial charge < -0.3 is 5.32 Å². The third-order valence-electron chi connectivity index (χ3n) is 2.64. The average molecular weight is 335 g/mol. The summed E-state index contributed by atoms with van der Waals surface area (Å²) < 4.78 is 13.0. The number of rotatable bonds is 3. The summed E-state index contributed by atoms with van der Waals surface area (Å²) in [6.45, 7) is 0. The van der Waals surface area contributed by atoms with E-state index in [2.05, 4.69) is 10.6 Å². The molecule has 2 rings (SSSR count). The second kappa shape index (κ2) is 7.68. The van der Waals surface area contributed by atoms with Crippen LogP contribution in [0.3, 0.4) is 0 Å². The van der Waals surface area contributed by atoms with E-state index < -0.39 is 5.82 Å². The van der Waals surface area contributed by atoms with E-state index in [1.807, 2.05) is 30.3 Å². The normalized spacial score (nSPS) is 10.5. The number of benzene rings is 2. The number of hydrogen-bond donors (Lipinski definition) is 2. The summed E-state index contributed by atoms with van der Waals surface area (Å²) in [5, 5.41) is 5.32. The van der Waals surface area contributed by atoms with Crippen molar-refractivity contribution < 1.29 is 9.18 Å². The fourth-order valence-electron chi connectivity index (χ4n) is 1.63. The van der Waals surface area contributed by atoms with Crippen LogP contribution in [-0.2, 0) is 4.79 Å². The van der Waals surface area contributed by atoms with Crippen molar-refractivity contribution in [1.82, 2.24) is 5.32 Å². The SMILES string of the molecule is O=C(C=Cc1ccccc1)NC(=S)Nc1ccc(F)c(Cl)c1. The number of thiocarbonyl (C=S) groups is 1. The van der Waals surface area contributed by atoms with Crippen molar-refractivity contribution in [2.45, 2.75) is 0 Å². The first kappa shape index (κ1) is 16.1. The summed E-state index contributed by atoms with van der Waals surface area (Å²) in [5.74, 6) is -0.887. The lowest BCUT2D eigenvalue weighted by Gasteiger charge is -2.08. The molecule has 2 aromatic rings. The van der Waals surface area contributed by atoms with Crippen molar-refractivity contribution in [3.8, 4) is 0 Å². The van der Waals surface area contributed by atoms with E-state index in [4.69, 9.17) is 23.8 Å². The van der Waals surface area contributed by atoms with Crippen LogP contribution in [0.5, 0.6) is 0 Å². The highest BCUT2D eigenvalue weighted by molar-refractivity contribution is 7.80. The molecule has 0 aromatic heterocycles. The van der Waals surface area contributed by atoms with Gasteiger partial charge >= 0.3 is 0 Å². The Kier molecular flexibility index (Phi) is 5.63. The molecule has 1 amide bonds. The van der Waals surface area contributed by atoms with Gasteiger partial charge in [0.05, 0.1) is 5.02 Å². The highest BCUT2D eigenvalue weighted by Gasteiger charge is 2.04. The van der Waals surface area contributed by atoms with Gasteiger partial charge in [-0.2, -0.15) is 0 Å². The zero-order chi connectivity index (χ0) is 15.9. The van der Waals surface area contributed by atoms with Crippen molar-refractivity contribution in [3.05, 3.63) is 71.0 Å². The maximum absolute atomic E-state index is 13.0. The molecule has 0 heterocycles. The molecule has 2 N–H and O–H groups in total. The first-order valence-electron chi connectivity index (χ1n) is 6.35. The van der Waals surface area contributed by atoms with Gasteiger partial charge in [0.25, 0.3) is 0 Å². The molecule has 0 atom stereocenters. The number of nitrogens with one attached hydrogen (secondary N) is 2. The van der Waals surface area contributed by atoms with Crippen LogP contribution in [0.1, 0.15) is 5.56 Å². The molecule has 0 radical (unpaired) electrons. The second-order valence-corrected chi connectivity index (χ2v) is 5.13. The summed E-state index contributed by atoms with van der Waals surface area (Å²) in [6.07, 6.45) is 3.05. The molecule has 0 unspecified atom stereocenters. The molecule has 0 fully saturated rings. The Labute approximate surface area is 137 Å². The van der Waals surface area contributed by atoms with Gasteiger partial charge in [-0.15, -0.1) is 0 Å². The molecule has 2 aromatic carbocycles. The predicted molar refractivity (Wildman–Crippen MR) is 91.2 cm³/mol. The van der Waals surface area contributed by atoms with Gasteiger partial charge in [-0.25, -0.2) is 4.39 Å². The van der Waals surface area contributed by atoms with Crippen LogP contribution in [0.25, 0.3) is 6.08 Å². The minimum absolute atomic E-state index is 0.0249. The molecular formula is C16H12ClFN2OS. The minimum atomic E-state index is -0.520.